The van der Waals surface area contributed by atoms with Crippen molar-refractivity contribution in [2.75, 3.05) is 19.7 Å². The maximum absolute atomic E-state index is 13.4. The number of amides is 1. The lowest BCUT2D eigenvalue weighted by Crippen LogP contribution is -2.47. The predicted molar refractivity (Wildman–Crippen MR) is 80.2 cm³/mol. The summed E-state index contributed by atoms with van der Waals surface area (Å²) in [6.45, 7) is 0.851. The van der Waals surface area contributed by atoms with Gasteiger partial charge in [0.15, 0.2) is 11.6 Å². The lowest BCUT2D eigenvalue weighted by molar-refractivity contribution is -0.161. The molecule has 7 heteroatoms. The zero-order valence-corrected chi connectivity index (χ0v) is 13.1. The summed E-state index contributed by atoms with van der Waals surface area (Å²) in [5, 5.41) is 9.34. The molecule has 1 saturated carbocycles. The van der Waals surface area contributed by atoms with Gasteiger partial charge in [0.05, 0.1) is 18.6 Å². The Bertz CT molecular complexity index is 660. The molecule has 0 spiro atoms. The molecule has 2 aliphatic rings. The molecular weight excluding hydrogens is 320 g/mol. The minimum absolute atomic E-state index is 0.0210. The van der Waals surface area contributed by atoms with E-state index in [-0.39, 0.29) is 25.5 Å². The van der Waals surface area contributed by atoms with E-state index in [1.807, 2.05) is 0 Å². The van der Waals surface area contributed by atoms with Gasteiger partial charge in [0.2, 0.25) is 5.91 Å². The SMILES string of the molecule is O=C(CC1(C(=O)O)CCC1)N1CCOC(c2ccc(F)c(F)c2)C1. The van der Waals surface area contributed by atoms with Crippen LogP contribution in [-0.4, -0.2) is 41.6 Å². The molecule has 0 bridgehead atoms. The Balaban J connectivity index is 1.67. The van der Waals surface area contributed by atoms with Gasteiger partial charge in [-0.25, -0.2) is 8.78 Å². The molecule has 0 radical (unpaired) electrons. The van der Waals surface area contributed by atoms with Crippen molar-refractivity contribution in [2.24, 2.45) is 5.41 Å². The third kappa shape index (κ3) is 3.13. The first-order valence-corrected chi connectivity index (χ1v) is 7.99. The first-order valence-electron chi connectivity index (χ1n) is 7.99. The standard InChI is InChI=1S/C17H19F2NO4/c18-12-3-2-11(8-13(12)19)14-10-20(6-7-24-14)15(21)9-17(16(22)23)4-1-5-17/h2-3,8,14H,1,4-7,9-10H2,(H,22,23). The summed E-state index contributed by atoms with van der Waals surface area (Å²) in [5.74, 6) is -3.05. The van der Waals surface area contributed by atoms with Crippen LogP contribution in [0.1, 0.15) is 37.4 Å². The van der Waals surface area contributed by atoms with Crippen LogP contribution in [-0.2, 0) is 14.3 Å². The van der Waals surface area contributed by atoms with Crippen molar-refractivity contribution in [3.8, 4) is 0 Å². The van der Waals surface area contributed by atoms with Crippen LogP contribution in [0, 0.1) is 17.0 Å². The number of carboxylic acids is 1. The van der Waals surface area contributed by atoms with E-state index in [0.717, 1.165) is 18.6 Å². The third-order valence-electron chi connectivity index (χ3n) is 4.99. The number of hydrogen-bond donors (Lipinski definition) is 1. The van der Waals surface area contributed by atoms with E-state index in [4.69, 9.17) is 4.74 Å². The van der Waals surface area contributed by atoms with Crippen LogP contribution in [0.2, 0.25) is 0 Å². The first kappa shape index (κ1) is 16.8. The second kappa shape index (κ2) is 6.47. The van der Waals surface area contributed by atoms with Gasteiger partial charge in [0, 0.05) is 13.0 Å². The van der Waals surface area contributed by atoms with E-state index >= 15 is 0 Å². The van der Waals surface area contributed by atoms with Crippen LogP contribution >= 0.6 is 0 Å². The Morgan fingerprint density at radius 3 is 2.62 bits per heavy atom. The van der Waals surface area contributed by atoms with Crippen molar-refractivity contribution in [1.29, 1.82) is 0 Å². The Hall–Kier alpha value is -2.02. The molecule has 0 aromatic heterocycles. The highest BCUT2D eigenvalue weighted by Crippen LogP contribution is 2.44. The molecule has 1 aliphatic carbocycles. The third-order valence-corrected chi connectivity index (χ3v) is 4.99. The van der Waals surface area contributed by atoms with Crippen LogP contribution in [0.25, 0.3) is 0 Å². The van der Waals surface area contributed by atoms with Gasteiger partial charge in [-0.1, -0.05) is 12.5 Å². The molecule has 1 N–H and O–H groups in total. The van der Waals surface area contributed by atoms with Crippen LogP contribution in [0.4, 0.5) is 8.78 Å². The lowest BCUT2D eigenvalue weighted by atomic mass is 9.66. The van der Waals surface area contributed by atoms with E-state index in [1.165, 1.54) is 6.07 Å². The molecule has 24 heavy (non-hydrogen) atoms. The molecule has 1 aromatic carbocycles. The average Bonchev–Trinajstić information content (AvgIpc) is 2.53. The number of carbonyl (C=O) groups excluding carboxylic acids is 1. The number of halogens is 2. The summed E-state index contributed by atoms with van der Waals surface area (Å²) in [6, 6.07) is 3.53. The van der Waals surface area contributed by atoms with Gasteiger partial charge in [-0.3, -0.25) is 9.59 Å². The summed E-state index contributed by atoms with van der Waals surface area (Å²) in [5.41, 5.74) is -0.477. The van der Waals surface area contributed by atoms with Crippen molar-refractivity contribution in [2.45, 2.75) is 31.8 Å². The Morgan fingerprint density at radius 2 is 2.04 bits per heavy atom. The molecule has 1 aromatic rings. The fourth-order valence-electron chi connectivity index (χ4n) is 3.26. The fraction of sp³-hybridized carbons (Fsp3) is 0.529. The Labute approximate surface area is 138 Å². The quantitative estimate of drug-likeness (QED) is 0.915. The smallest absolute Gasteiger partial charge is 0.310 e. The van der Waals surface area contributed by atoms with Crippen LogP contribution in [0.15, 0.2) is 18.2 Å². The molecule has 1 aliphatic heterocycles. The molecule has 1 amide bonds. The molecular formula is C17H19F2NO4. The van der Waals surface area contributed by atoms with E-state index in [1.54, 1.807) is 4.90 Å². The van der Waals surface area contributed by atoms with Gasteiger partial charge < -0.3 is 14.7 Å². The van der Waals surface area contributed by atoms with Gasteiger partial charge in [-0.15, -0.1) is 0 Å². The highest BCUT2D eigenvalue weighted by Gasteiger charge is 2.46. The summed E-state index contributed by atoms with van der Waals surface area (Å²) < 4.78 is 32.0. The molecule has 5 nitrogen and oxygen atoms in total. The first-order chi connectivity index (χ1) is 11.4. The summed E-state index contributed by atoms with van der Waals surface area (Å²) >= 11 is 0. The Kier molecular flexibility index (Phi) is 4.54. The highest BCUT2D eigenvalue weighted by atomic mass is 19.2. The summed E-state index contributed by atoms with van der Waals surface area (Å²) in [6.07, 6.45) is 1.29. The monoisotopic (exact) mass is 339 g/mol. The van der Waals surface area contributed by atoms with E-state index in [9.17, 15) is 23.5 Å². The number of morpholine rings is 1. The maximum Gasteiger partial charge on any atom is 0.310 e. The largest absolute Gasteiger partial charge is 0.481 e. The second-order valence-electron chi connectivity index (χ2n) is 6.49. The minimum atomic E-state index is -0.959. The minimum Gasteiger partial charge on any atom is -0.481 e. The number of ether oxygens (including phenoxy) is 1. The number of carbonyl (C=O) groups is 2. The zero-order valence-electron chi connectivity index (χ0n) is 13.1. The van der Waals surface area contributed by atoms with Gasteiger partial charge in [0.25, 0.3) is 0 Å². The van der Waals surface area contributed by atoms with Gasteiger partial charge >= 0.3 is 5.97 Å². The lowest BCUT2D eigenvalue weighted by Gasteiger charge is -2.40. The van der Waals surface area contributed by atoms with E-state index < -0.39 is 29.1 Å². The molecule has 2 fully saturated rings. The van der Waals surface area contributed by atoms with Crippen LogP contribution < -0.4 is 0 Å². The zero-order chi connectivity index (χ0) is 17.3. The van der Waals surface area contributed by atoms with Crippen molar-refractivity contribution < 1.29 is 28.2 Å². The average molecular weight is 339 g/mol. The van der Waals surface area contributed by atoms with Crippen LogP contribution in [0.3, 0.4) is 0 Å². The summed E-state index contributed by atoms with van der Waals surface area (Å²) in [4.78, 5) is 25.4. The number of benzene rings is 1. The van der Waals surface area contributed by atoms with Crippen LogP contribution in [0.5, 0.6) is 0 Å². The van der Waals surface area contributed by atoms with Gasteiger partial charge in [0.1, 0.15) is 6.10 Å². The molecule has 3 rings (SSSR count). The molecule has 1 unspecified atom stereocenters. The highest BCUT2D eigenvalue weighted by molar-refractivity contribution is 5.85. The van der Waals surface area contributed by atoms with Gasteiger partial charge in [-0.2, -0.15) is 0 Å². The molecule has 1 atom stereocenters. The van der Waals surface area contributed by atoms with E-state index in [0.29, 0.717) is 24.9 Å². The van der Waals surface area contributed by atoms with Gasteiger partial charge in [-0.05, 0) is 30.5 Å². The molecule has 1 saturated heterocycles. The molecule has 130 valence electrons. The Morgan fingerprint density at radius 1 is 1.29 bits per heavy atom. The number of rotatable bonds is 4. The number of hydrogen-bond acceptors (Lipinski definition) is 3. The van der Waals surface area contributed by atoms with Crippen molar-refractivity contribution in [1.82, 2.24) is 4.90 Å². The molecule has 1 heterocycles. The van der Waals surface area contributed by atoms with E-state index in [2.05, 4.69) is 0 Å². The van der Waals surface area contributed by atoms with Crippen molar-refractivity contribution in [3.63, 3.8) is 0 Å². The van der Waals surface area contributed by atoms with Crippen molar-refractivity contribution in [3.05, 3.63) is 35.4 Å². The number of nitrogens with zero attached hydrogens (tertiary/aromatic N) is 1. The fourth-order valence-corrected chi connectivity index (χ4v) is 3.26. The topological polar surface area (TPSA) is 66.8 Å². The second-order valence-corrected chi connectivity index (χ2v) is 6.49. The predicted octanol–water partition coefficient (Wildman–Crippen LogP) is 2.51. The summed E-state index contributed by atoms with van der Waals surface area (Å²) in [7, 11) is 0. The van der Waals surface area contributed by atoms with Crippen molar-refractivity contribution >= 4 is 11.9 Å². The number of carboxylic acid groups (broad SMARTS) is 1. The number of aliphatic carboxylic acids is 1. The maximum atomic E-state index is 13.4. The normalized spacial score (nSPS) is 22.8.